The lowest BCUT2D eigenvalue weighted by molar-refractivity contribution is -0.133. The molecule has 2 atom stereocenters. The molecule has 1 N–H and O–H groups in total. The zero-order valence-corrected chi connectivity index (χ0v) is 17.2. The van der Waals surface area contributed by atoms with Crippen molar-refractivity contribution < 1.29 is 22.4 Å². The van der Waals surface area contributed by atoms with Crippen molar-refractivity contribution in [3.05, 3.63) is 35.6 Å². The average molecular weight is 417 g/mol. The van der Waals surface area contributed by atoms with Crippen molar-refractivity contribution in [3.8, 4) is 0 Å². The van der Waals surface area contributed by atoms with Crippen molar-refractivity contribution in [2.45, 2.75) is 45.2 Å². The first-order valence-electron chi connectivity index (χ1n) is 9.64. The number of para-hydroxylation sites is 1. The number of hydrazone groups is 1. The van der Waals surface area contributed by atoms with Crippen LogP contribution in [0.5, 0.6) is 0 Å². The monoisotopic (exact) mass is 417 g/mol. The van der Waals surface area contributed by atoms with Gasteiger partial charge in [0.05, 0.1) is 23.6 Å². The molecule has 0 spiro atoms. The van der Waals surface area contributed by atoms with E-state index in [9.17, 15) is 18.0 Å². The second-order valence-electron chi connectivity index (χ2n) is 7.62. The second kappa shape index (κ2) is 7.29. The van der Waals surface area contributed by atoms with E-state index in [-0.39, 0.29) is 47.9 Å². The Morgan fingerprint density at radius 2 is 2.07 bits per heavy atom. The van der Waals surface area contributed by atoms with Crippen molar-refractivity contribution in [1.82, 2.24) is 10.3 Å². The summed E-state index contributed by atoms with van der Waals surface area (Å²) in [5.74, 6) is -0.0154. The predicted octanol–water partition coefficient (Wildman–Crippen LogP) is 2.08. The first-order chi connectivity index (χ1) is 13.7. The van der Waals surface area contributed by atoms with Gasteiger partial charge in [0.1, 0.15) is 17.1 Å². The van der Waals surface area contributed by atoms with Gasteiger partial charge in [-0.25, -0.2) is 13.4 Å². The maximum atomic E-state index is 12.8. The molecule has 29 heavy (non-hydrogen) atoms. The molecule has 9 heteroatoms. The summed E-state index contributed by atoms with van der Waals surface area (Å²) < 4.78 is 29.4. The normalized spacial score (nSPS) is 22.6. The van der Waals surface area contributed by atoms with E-state index >= 15 is 0 Å². The highest BCUT2D eigenvalue weighted by Crippen LogP contribution is 2.29. The molecule has 3 heterocycles. The van der Waals surface area contributed by atoms with Crippen LogP contribution < -0.4 is 5.32 Å². The Morgan fingerprint density at radius 3 is 2.76 bits per heavy atom. The number of benzene rings is 1. The standard InChI is InChI=1S/C20H23N3O5S/c1-12-15-5-3-4-6-17(15)28-19(12)13(2)21-20(25)16-7-8-18(24)23(22-16)14-9-10-29(26,27)11-14/h3-6,13-14H,7-11H2,1-2H3,(H,21,25). The van der Waals surface area contributed by atoms with E-state index in [0.29, 0.717) is 12.2 Å². The maximum absolute atomic E-state index is 12.8. The van der Waals surface area contributed by atoms with Gasteiger partial charge in [-0.15, -0.1) is 0 Å². The van der Waals surface area contributed by atoms with Gasteiger partial charge in [0.25, 0.3) is 5.91 Å². The van der Waals surface area contributed by atoms with Gasteiger partial charge in [-0.05, 0) is 26.3 Å². The molecule has 1 aromatic carbocycles. The zero-order chi connectivity index (χ0) is 20.8. The molecule has 4 rings (SSSR count). The SMILES string of the molecule is Cc1c(C(C)NC(=O)C2=NN(C3CCS(=O)(=O)C3)C(=O)CC2)oc2ccccc12. The fourth-order valence-corrected chi connectivity index (χ4v) is 5.63. The molecule has 0 bridgehead atoms. The lowest BCUT2D eigenvalue weighted by Crippen LogP contribution is -2.44. The molecular formula is C20H23N3O5S. The van der Waals surface area contributed by atoms with Gasteiger partial charge >= 0.3 is 0 Å². The lowest BCUT2D eigenvalue weighted by atomic mass is 10.1. The number of nitrogens with one attached hydrogen (secondary N) is 1. The van der Waals surface area contributed by atoms with Crippen molar-refractivity contribution in [3.63, 3.8) is 0 Å². The summed E-state index contributed by atoms with van der Waals surface area (Å²) in [5, 5.41) is 9.30. The molecule has 0 radical (unpaired) electrons. The highest BCUT2D eigenvalue weighted by Gasteiger charge is 2.37. The van der Waals surface area contributed by atoms with Crippen LogP contribution in [0.2, 0.25) is 0 Å². The molecular weight excluding hydrogens is 394 g/mol. The van der Waals surface area contributed by atoms with Gasteiger partial charge in [-0.1, -0.05) is 18.2 Å². The van der Waals surface area contributed by atoms with Crippen LogP contribution in [0.3, 0.4) is 0 Å². The number of hydrogen-bond donors (Lipinski definition) is 1. The van der Waals surface area contributed by atoms with Crippen molar-refractivity contribution in [2.75, 3.05) is 11.5 Å². The predicted molar refractivity (Wildman–Crippen MR) is 108 cm³/mol. The Hall–Kier alpha value is -2.68. The number of carbonyl (C=O) groups is 2. The number of furan rings is 1. The minimum Gasteiger partial charge on any atom is -0.459 e. The number of amides is 2. The molecule has 2 aliphatic rings. The van der Waals surface area contributed by atoms with E-state index in [0.717, 1.165) is 16.5 Å². The second-order valence-corrected chi connectivity index (χ2v) is 9.85. The van der Waals surface area contributed by atoms with E-state index in [1.54, 1.807) is 0 Å². The van der Waals surface area contributed by atoms with Gasteiger partial charge in [-0.3, -0.25) is 9.59 Å². The quantitative estimate of drug-likeness (QED) is 0.819. The molecule has 1 saturated heterocycles. The molecule has 2 unspecified atom stereocenters. The van der Waals surface area contributed by atoms with E-state index in [2.05, 4.69) is 10.4 Å². The minimum atomic E-state index is -3.15. The van der Waals surface area contributed by atoms with E-state index < -0.39 is 15.9 Å². The van der Waals surface area contributed by atoms with Crippen LogP contribution in [-0.2, 0) is 19.4 Å². The number of sulfone groups is 1. The molecule has 1 aromatic heterocycles. The number of nitrogens with zero attached hydrogens (tertiary/aromatic N) is 2. The van der Waals surface area contributed by atoms with E-state index in [4.69, 9.17) is 4.42 Å². The molecule has 154 valence electrons. The van der Waals surface area contributed by atoms with Crippen molar-refractivity contribution in [1.29, 1.82) is 0 Å². The third kappa shape index (κ3) is 3.78. The zero-order valence-electron chi connectivity index (χ0n) is 16.3. The number of rotatable bonds is 4. The Bertz CT molecular complexity index is 1120. The van der Waals surface area contributed by atoms with E-state index in [1.165, 1.54) is 5.01 Å². The van der Waals surface area contributed by atoms with Crippen molar-refractivity contribution >= 4 is 38.3 Å². The van der Waals surface area contributed by atoms with Crippen LogP contribution in [0.15, 0.2) is 33.8 Å². The maximum Gasteiger partial charge on any atom is 0.268 e. The van der Waals surface area contributed by atoms with Gasteiger partial charge in [0, 0.05) is 23.8 Å². The van der Waals surface area contributed by atoms with Gasteiger partial charge in [0.2, 0.25) is 5.91 Å². The summed E-state index contributed by atoms with van der Waals surface area (Å²) in [4.78, 5) is 25.0. The molecule has 1 fully saturated rings. The highest BCUT2D eigenvalue weighted by atomic mass is 32.2. The Balaban J connectivity index is 1.52. The van der Waals surface area contributed by atoms with Crippen molar-refractivity contribution in [2.24, 2.45) is 5.10 Å². The van der Waals surface area contributed by atoms with Crippen LogP contribution in [0.4, 0.5) is 0 Å². The molecule has 2 aliphatic heterocycles. The summed E-state index contributed by atoms with van der Waals surface area (Å²) in [7, 11) is -3.15. The largest absolute Gasteiger partial charge is 0.459 e. The third-order valence-electron chi connectivity index (χ3n) is 5.50. The minimum absolute atomic E-state index is 0.0425. The smallest absolute Gasteiger partial charge is 0.268 e. The molecule has 0 aliphatic carbocycles. The number of aryl methyl sites for hydroxylation is 1. The molecule has 8 nitrogen and oxygen atoms in total. The molecule has 2 amide bonds. The van der Waals surface area contributed by atoms with Crippen LogP contribution in [-0.4, -0.2) is 48.5 Å². The number of carbonyl (C=O) groups excluding carboxylic acids is 2. The summed E-state index contributed by atoms with van der Waals surface area (Å²) in [5.41, 5.74) is 1.96. The van der Waals surface area contributed by atoms with Crippen LogP contribution in [0.1, 0.15) is 43.6 Å². The summed E-state index contributed by atoms with van der Waals surface area (Å²) >= 11 is 0. The Kier molecular flexibility index (Phi) is 4.94. The molecule has 0 saturated carbocycles. The lowest BCUT2D eigenvalue weighted by Gasteiger charge is -2.27. The van der Waals surface area contributed by atoms with Gasteiger partial charge in [0.15, 0.2) is 9.84 Å². The van der Waals surface area contributed by atoms with Gasteiger partial charge in [-0.2, -0.15) is 5.10 Å². The Labute approximate surface area is 168 Å². The van der Waals surface area contributed by atoms with Crippen LogP contribution in [0, 0.1) is 6.92 Å². The fourth-order valence-electron chi connectivity index (χ4n) is 3.94. The topological polar surface area (TPSA) is 109 Å². The average Bonchev–Trinajstić information content (AvgIpc) is 3.22. The Morgan fingerprint density at radius 1 is 1.31 bits per heavy atom. The summed E-state index contributed by atoms with van der Waals surface area (Å²) in [6.07, 6.45) is 0.717. The van der Waals surface area contributed by atoms with Gasteiger partial charge < -0.3 is 9.73 Å². The van der Waals surface area contributed by atoms with E-state index in [1.807, 2.05) is 38.1 Å². The van der Waals surface area contributed by atoms with Crippen LogP contribution in [0.25, 0.3) is 11.0 Å². The number of hydrogen-bond acceptors (Lipinski definition) is 6. The molecule has 2 aromatic rings. The summed E-state index contributed by atoms with van der Waals surface area (Å²) in [6.45, 7) is 3.78. The highest BCUT2D eigenvalue weighted by molar-refractivity contribution is 7.91. The summed E-state index contributed by atoms with van der Waals surface area (Å²) in [6, 6.07) is 6.80. The fraction of sp³-hybridized carbons (Fsp3) is 0.450. The number of fused-ring (bicyclic) bond motifs is 1. The van der Waals surface area contributed by atoms with Crippen LogP contribution >= 0.6 is 0 Å². The first-order valence-corrected chi connectivity index (χ1v) is 11.5. The first kappa shape index (κ1) is 19.6. The third-order valence-corrected chi connectivity index (χ3v) is 7.25.